The number of fused-ring (bicyclic) bond motifs is 1. The van der Waals surface area contributed by atoms with Gasteiger partial charge in [0.2, 0.25) is 0 Å². The average molecular weight is 444 g/mol. The predicted molar refractivity (Wildman–Crippen MR) is 131 cm³/mol. The zero-order valence-corrected chi connectivity index (χ0v) is 19.2. The lowest BCUT2D eigenvalue weighted by molar-refractivity contribution is 0.636. The summed E-state index contributed by atoms with van der Waals surface area (Å²) in [6.07, 6.45) is 6.60. The monoisotopic (exact) mass is 443 g/mol. The van der Waals surface area contributed by atoms with Crippen LogP contribution in [-0.4, -0.2) is 25.5 Å². The fourth-order valence-corrected chi connectivity index (χ4v) is 4.57. The van der Waals surface area contributed by atoms with Crippen molar-refractivity contribution in [3.05, 3.63) is 82.4 Å². The van der Waals surface area contributed by atoms with Crippen LogP contribution >= 0.6 is 11.6 Å². The molecule has 1 aliphatic rings. The predicted octanol–water partition coefficient (Wildman–Crippen LogP) is 6.48. The van der Waals surface area contributed by atoms with Crippen molar-refractivity contribution in [2.45, 2.75) is 46.1 Å². The highest BCUT2D eigenvalue weighted by molar-refractivity contribution is 6.30. The van der Waals surface area contributed by atoms with Gasteiger partial charge < -0.3 is 9.13 Å². The average Bonchev–Trinajstić information content (AvgIpc) is 3.23. The maximum Gasteiger partial charge on any atom is 0.163 e. The van der Waals surface area contributed by atoms with Gasteiger partial charge in [-0.1, -0.05) is 18.0 Å². The molecule has 0 spiro atoms. The first-order chi connectivity index (χ1) is 15.6. The van der Waals surface area contributed by atoms with E-state index in [1.54, 1.807) is 0 Å². The zero-order chi connectivity index (χ0) is 22.1. The molecule has 0 radical (unpaired) electrons. The Labute approximate surface area is 193 Å². The van der Waals surface area contributed by atoms with Crippen LogP contribution in [-0.2, 0) is 13.0 Å². The molecule has 3 heterocycles. The molecule has 0 amide bonds. The minimum absolute atomic E-state index is 0.739. The van der Waals surface area contributed by atoms with Gasteiger partial charge in [0.1, 0.15) is 5.82 Å². The molecule has 5 nitrogen and oxygen atoms in total. The van der Waals surface area contributed by atoms with Gasteiger partial charge in [0.25, 0.3) is 0 Å². The number of hydrogen-bond acceptors (Lipinski definition) is 3. The van der Waals surface area contributed by atoms with Crippen LogP contribution < -0.4 is 0 Å². The number of benzene rings is 2. The van der Waals surface area contributed by atoms with E-state index in [4.69, 9.17) is 16.6 Å². The summed E-state index contributed by atoms with van der Waals surface area (Å²) in [6, 6.07) is 18.3. The first kappa shape index (κ1) is 20.7. The number of rotatable bonds is 4. The Morgan fingerprint density at radius 1 is 0.938 bits per heavy atom. The first-order valence-electron chi connectivity index (χ1n) is 11.1. The highest BCUT2D eigenvalue weighted by atomic mass is 35.5. The van der Waals surface area contributed by atoms with E-state index in [9.17, 15) is 0 Å². The van der Waals surface area contributed by atoms with Crippen molar-refractivity contribution >= 4 is 23.5 Å². The Bertz CT molecular complexity index is 1260. The highest BCUT2D eigenvalue weighted by Crippen LogP contribution is 2.26. The molecule has 162 valence electrons. The van der Waals surface area contributed by atoms with Crippen LogP contribution in [0.15, 0.2) is 59.6 Å². The van der Waals surface area contributed by atoms with Gasteiger partial charge in [-0.3, -0.25) is 4.99 Å². The van der Waals surface area contributed by atoms with Crippen LogP contribution in [0.5, 0.6) is 0 Å². The quantitative estimate of drug-likeness (QED) is 0.339. The van der Waals surface area contributed by atoms with E-state index >= 15 is 0 Å². The van der Waals surface area contributed by atoms with Gasteiger partial charge in [0.05, 0.1) is 5.69 Å². The van der Waals surface area contributed by atoms with Crippen LogP contribution in [0.1, 0.15) is 42.0 Å². The number of hydrogen-bond donors (Lipinski definition) is 0. The lowest BCUT2D eigenvalue weighted by atomic mass is 10.2. The zero-order valence-electron chi connectivity index (χ0n) is 18.4. The topological polar surface area (TPSA) is 48.0 Å². The van der Waals surface area contributed by atoms with Gasteiger partial charge >= 0.3 is 0 Å². The molecular formula is C26H26ClN5. The van der Waals surface area contributed by atoms with Crippen LogP contribution in [0.2, 0.25) is 5.02 Å². The van der Waals surface area contributed by atoms with Crippen molar-refractivity contribution in [3.8, 4) is 17.1 Å². The molecule has 0 bridgehead atoms. The highest BCUT2D eigenvalue weighted by Gasteiger charge is 2.16. The molecule has 0 saturated heterocycles. The van der Waals surface area contributed by atoms with Crippen LogP contribution in [0.4, 0.5) is 5.69 Å². The van der Waals surface area contributed by atoms with E-state index in [0.29, 0.717) is 0 Å². The summed E-state index contributed by atoms with van der Waals surface area (Å²) in [5, 5.41) is 9.61. The SMILES string of the molecule is Cc1cc(C=Nc2ccc(-c3nnc4n3CCCCC4)cc2)c(C)n1-c1ccc(Cl)cc1. The van der Waals surface area contributed by atoms with E-state index in [1.165, 1.54) is 19.3 Å². The fraction of sp³-hybridized carbons (Fsp3) is 0.269. The van der Waals surface area contributed by atoms with E-state index < -0.39 is 0 Å². The van der Waals surface area contributed by atoms with Crippen molar-refractivity contribution < 1.29 is 0 Å². The molecule has 0 atom stereocenters. The molecule has 4 aromatic rings. The second kappa shape index (κ2) is 8.75. The maximum atomic E-state index is 6.05. The molecule has 0 aliphatic carbocycles. The standard InChI is InChI=1S/C26H26ClN5/c1-18-16-21(19(2)32(18)24-13-9-22(27)10-14-24)17-28-23-11-7-20(8-12-23)26-30-29-25-6-4-3-5-15-31(25)26/h7-14,16-17H,3-6,15H2,1-2H3. The van der Waals surface area contributed by atoms with Crippen molar-refractivity contribution in [1.82, 2.24) is 19.3 Å². The summed E-state index contributed by atoms with van der Waals surface area (Å²) in [4.78, 5) is 4.72. The summed E-state index contributed by atoms with van der Waals surface area (Å²) in [5.41, 5.74) is 6.52. The molecule has 0 fully saturated rings. The van der Waals surface area contributed by atoms with Gasteiger partial charge in [-0.05, 0) is 81.3 Å². The number of aromatic nitrogens is 4. The van der Waals surface area contributed by atoms with Gasteiger partial charge in [-0.2, -0.15) is 0 Å². The molecular weight excluding hydrogens is 418 g/mol. The summed E-state index contributed by atoms with van der Waals surface area (Å²) in [6.45, 7) is 5.22. The molecule has 2 aromatic carbocycles. The summed E-state index contributed by atoms with van der Waals surface area (Å²) in [5.74, 6) is 2.07. The smallest absolute Gasteiger partial charge is 0.163 e. The molecule has 2 aromatic heterocycles. The molecule has 0 N–H and O–H groups in total. The third-order valence-corrected chi connectivity index (χ3v) is 6.39. The molecule has 0 saturated carbocycles. The van der Waals surface area contributed by atoms with E-state index in [0.717, 1.165) is 63.5 Å². The Morgan fingerprint density at radius 2 is 1.72 bits per heavy atom. The third-order valence-electron chi connectivity index (χ3n) is 6.14. The summed E-state index contributed by atoms with van der Waals surface area (Å²) >= 11 is 6.05. The Balaban J connectivity index is 1.38. The molecule has 32 heavy (non-hydrogen) atoms. The minimum Gasteiger partial charge on any atom is -0.318 e. The second-order valence-electron chi connectivity index (χ2n) is 8.35. The lowest BCUT2D eigenvalue weighted by Gasteiger charge is -2.09. The minimum atomic E-state index is 0.739. The maximum absolute atomic E-state index is 6.05. The van der Waals surface area contributed by atoms with Crippen molar-refractivity contribution in [2.75, 3.05) is 0 Å². The van der Waals surface area contributed by atoms with E-state index in [2.05, 4.69) is 51.4 Å². The number of nitrogens with zero attached hydrogens (tertiary/aromatic N) is 5. The van der Waals surface area contributed by atoms with Crippen LogP contribution in [0.3, 0.4) is 0 Å². The van der Waals surface area contributed by atoms with Crippen LogP contribution in [0.25, 0.3) is 17.1 Å². The third kappa shape index (κ3) is 4.00. The lowest BCUT2D eigenvalue weighted by Crippen LogP contribution is -2.02. The van der Waals surface area contributed by atoms with Gasteiger partial charge in [0.15, 0.2) is 5.82 Å². The summed E-state index contributed by atoms with van der Waals surface area (Å²) < 4.78 is 4.49. The van der Waals surface area contributed by atoms with Gasteiger partial charge in [-0.25, -0.2) is 0 Å². The second-order valence-corrected chi connectivity index (χ2v) is 8.78. The largest absolute Gasteiger partial charge is 0.318 e. The van der Waals surface area contributed by atoms with Crippen molar-refractivity contribution in [2.24, 2.45) is 4.99 Å². The normalized spacial score (nSPS) is 14.0. The summed E-state index contributed by atoms with van der Waals surface area (Å²) in [7, 11) is 0. The van der Waals surface area contributed by atoms with Crippen LogP contribution in [0, 0.1) is 13.8 Å². The number of aryl methyl sites for hydroxylation is 2. The van der Waals surface area contributed by atoms with Crippen molar-refractivity contribution in [3.63, 3.8) is 0 Å². The molecule has 1 aliphatic heterocycles. The molecule has 0 unspecified atom stereocenters. The van der Waals surface area contributed by atoms with Gasteiger partial charge in [0, 0.05) is 52.4 Å². The van der Waals surface area contributed by atoms with Gasteiger partial charge in [-0.15, -0.1) is 10.2 Å². The Hall–Kier alpha value is -3.18. The molecule has 5 rings (SSSR count). The first-order valence-corrected chi connectivity index (χ1v) is 11.5. The number of halogens is 1. The fourth-order valence-electron chi connectivity index (χ4n) is 4.45. The number of aliphatic imine (C=N–C) groups is 1. The van der Waals surface area contributed by atoms with Crippen molar-refractivity contribution in [1.29, 1.82) is 0 Å². The van der Waals surface area contributed by atoms with E-state index in [-0.39, 0.29) is 0 Å². The Kier molecular flexibility index (Phi) is 5.66. The Morgan fingerprint density at radius 3 is 2.50 bits per heavy atom. The van der Waals surface area contributed by atoms with E-state index in [1.807, 2.05) is 42.6 Å². The molecule has 6 heteroatoms.